The van der Waals surface area contributed by atoms with Crippen molar-refractivity contribution < 1.29 is 23.9 Å². The van der Waals surface area contributed by atoms with Crippen LogP contribution in [0.4, 0.5) is 4.39 Å². The molecule has 2 aromatic rings. The second-order valence-electron chi connectivity index (χ2n) is 8.67. The number of benzene rings is 2. The van der Waals surface area contributed by atoms with Crippen LogP contribution in [0.2, 0.25) is 0 Å². The fraction of sp³-hybridized carbons (Fsp3) is 0.375. The average Bonchev–Trinajstić information content (AvgIpc) is 3.44. The van der Waals surface area contributed by atoms with Gasteiger partial charge in [-0.25, -0.2) is 4.39 Å². The van der Waals surface area contributed by atoms with Gasteiger partial charge in [0.25, 0.3) is 0 Å². The average molecular weight is 437 g/mol. The van der Waals surface area contributed by atoms with Crippen LogP contribution in [0.25, 0.3) is 0 Å². The van der Waals surface area contributed by atoms with E-state index in [4.69, 9.17) is 0 Å². The van der Waals surface area contributed by atoms with Gasteiger partial charge in [0.2, 0.25) is 17.7 Å². The Balaban J connectivity index is 1.44. The molecule has 2 aromatic carbocycles. The maximum Gasteiger partial charge on any atom is 0.246 e. The molecule has 0 aromatic heterocycles. The standard InChI is InChI=1S/C24H24FN3O4/c25-16-7-3-14(4-8-16)13-26-22(30)18-12-20-23(31)27-11-1-2-19(27)24(32)28(20)21(18)15-5-9-17(29)10-6-15/h3-10,18-21,29H,1-2,11-13H2,(H,26,30)/t18-,19-,20-,21-/m0/s1. The topological polar surface area (TPSA) is 90.0 Å². The van der Waals surface area contributed by atoms with E-state index < -0.39 is 24.0 Å². The van der Waals surface area contributed by atoms with Gasteiger partial charge in [0.05, 0.1) is 12.0 Å². The first-order chi connectivity index (χ1) is 15.4. The molecule has 2 N–H and O–H groups in total. The molecule has 0 saturated carbocycles. The lowest BCUT2D eigenvalue weighted by atomic mass is 9.92. The molecule has 166 valence electrons. The molecule has 7 nitrogen and oxygen atoms in total. The Morgan fingerprint density at radius 2 is 1.75 bits per heavy atom. The second-order valence-corrected chi connectivity index (χ2v) is 8.67. The van der Waals surface area contributed by atoms with E-state index in [2.05, 4.69) is 5.32 Å². The van der Waals surface area contributed by atoms with Gasteiger partial charge >= 0.3 is 0 Å². The minimum Gasteiger partial charge on any atom is -0.508 e. The first kappa shape index (κ1) is 20.5. The Morgan fingerprint density at radius 3 is 2.47 bits per heavy atom. The largest absolute Gasteiger partial charge is 0.508 e. The van der Waals surface area contributed by atoms with Crippen LogP contribution in [0.5, 0.6) is 5.75 Å². The van der Waals surface area contributed by atoms with Crippen LogP contribution < -0.4 is 5.32 Å². The number of hydrogen-bond acceptors (Lipinski definition) is 4. The van der Waals surface area contributed by atoms with Crippen molar-refractivity contribution in [1.29, 1.82) is 0 Å². The minimum absolute atomic E-state index is 0.0867. The van der Waals surface area contributed by atoms with Crippen LogP contribution in [0.3, 0.4) is 0 Å². The van der Waals surface area contributed by atoms with Gasteiger partial charge in [0.1, 0.15) is 23.7 Å². The number of phenols is 1. The first-order valence-electron chi connectivity index (χ1n) is 10.9. The van der Waals surface area contributed by atoms with Gasteiger partial charge in [-0.05, 0) is 54.7 Å². The van der Waals surface area contributed by atoms with E-state index >= 15 is 0 Å². The predicted molar refractivity (Wildman–Crippen MR) is 113 cm³/mol. The van der Waals surface area contributed by atoms with E-state index in [1.807, 2.05) is 0 Å². The lowest BCUT2D eigenvalue weighted by molar-refractivity contribution is -0.159. The zero-order valence-corrected chi connectivity index (χ0v) is 17.4. The van der Waals surface area contributed by atoms with Crippen LogP contribution in [0.1, 0.15) is 36.4 Å². The number of nitrogens with zero attached hydrogens (tertiary/aromatic N) is 2. The summed E-state index contributed by atoms with van der Waals surface area (Å²) in [5, 5.41) is 12.6. The Morgan fingerprint density at radius 1 is 1.03 bits per heavy atom. The van der Waals surface area contributed by atoms with Gasteiger partial charge in [0.15, 0.2) is 0 Å². The summed E-state index contributed by atoms with van der Waals surface area (Å²) >= 11 is 0. The van der Waals surface area contributed by atoms with Gasteiger partial charge in [-0.3, -0.25) is 14.4 Å². The molecule has 3 aliphatic rings. The third kappa shape index (κ3) is 3.39. The lowest BCUT2D eigenvalue weighted by Gasteiger charge is -2.41. The molecule has 5 rings (SSSR count). The van der Waals surface area contributed by atoms with E-state index in [-0.39, 0.29) is 42.3 Å². The summed E-state index contributed by atoms with van der Waals surface area (Å²) in [6.45, 7) is 0.796. The summed E-state index contributed by atoms with van der Waals surface area (Å²) in [5.41, 5.74) is 1.46. The van der Waals surface area contributed by atoms with Crippen molar-refractivity contribution in [2.24, 2.45) is 5.92 Å². The van der Waals surface area contributed by atoms with Gasteiger partial charge < -0.3 is 20.2 Å². The number of hydrogen-bond donors (Lipinski definition) is 2. The number of carbonyl (C=O) groups excluding carboxylic acids is 3. The minimum atomic E-state index is -0.669. The normalized spacial score (nSPS) is 26.8. The van der Waals surface area contributed by atoms with Crippen molar-refractivity contribution in [3.8, 4) is 5.75 Å². The summed E-state index contributed by atoms with van der Waals surface area (Å²) in [6, 6.07) is 10.6. The third-order valence-electron chi connectivity index (χ3n) is 6.81. The molecule has 0 bridgehead atoms. The summed E-state index contributed by atoms with van der Waals surface area (Å²) in [7, 11) is 0. The van der Waals surface area contributed by atoms with Gasteiger partial charge in [-0.15, -0.1) is 0 Å². The van der Waals surface area contributed by atoms with Crippen LogP contribution in [-0.2, 0) is 20.9 Å². The molecule has 0 spiro atoms. The molecule has 3 aliphatic heterocycles. The van der Waals surface area contributed by atoms with E-state index in [0.717, 1.165) is 12.0 Å². The van der Waals surface area contributed by atoms with Crippen LogP contribution >= 0.6 is 0 Å². The molecule has 3 fully saturated rings. The maximum atomic E-state index is 13.4. The lowest BCUT2D eigenvalue weighted by Crippen LogP contribution is -2.60. The highest BCUT2D eigenvalue weighted by Gasteiger charge is 2.57. The Kier molecular flexibility index (Phi) is 5.07. The van der Waals surface area contributed by atoms with Gasteiger partial charge in [-0.2, -0.15) is 0 Å². The van der Waals surface area contributed by atoms with Crippen molar-refractivity contribution in [1.82, 2.24) is 15.1 Å². The highest BCUT2D eigenvalue weighted by molar-refractivity contribution is 5.99. The monoisotopic (exact) mass is 437 g/mol. The number of halogens is 1. The van der Waals surface area contributed by atoms with Crippen molar-refractivity contribution >= 4 is 17.7 Å². The van der Waals surface area contributed by atoms with Crippen molar-refractivity contribution in [3.63, 3.8) is 0 Å². The summed E-state index contributed by atoms with van der Waals surface area (Å²) < 4.78 is 13.2. The molecule has 4 atom stereocenters. The fourth-order valence-electron chi connectivity index (χ4n) is 5.27. The van der Waals surface area contributed by atoms with E-state index in [1.54, 1.807) is 34.1 Å². The summed E-state index contributed by atoms with van der Waals surface area (Å²) in [6.07, 6.45) is 1.68. The molecule has 3 saturated heterocycles. The molecule has 3 amide bonds. The summed E-state index contributed by atoms with van der Waals surface area (Å²) in [4.78, 5) is 43.1. The summed E-state index contributed by atoms with van der Waals surface area (Å²) in [5.74, 6) is -1.34. The predicted octanol–water partition coefficient (Wildman–Crippen LogP) is 2.11. The van der Waals surface area contributed by atoms with E-state index in [0.29, 0.717) is 18.5 Å². The highest BCUT2D eigenvalue weighted by Crippen LogP contribution is 2.46. The van der Waals surface area contributed by atoms with Crippen LogP contribution in [0, 0.1) is 11.7 Å². The smallest absolute Gasteiger partial charge is 0.246 e. The Bertz CT molecular complexity index is 1060. The molecular formula is C24H24FN3O4. The molecule has 0 aliphatic carbocycles. The van der Waals surface area contributed by atoms with Crippen LogP contribution in [0.15, 0.2) is 48.5 Å². The number of aromatic hydroxyl groups is 1. The van der Waals surface area contributed by atoms with Gasteiger partial charge in [-0.1, -0.05) is 24.3 Å². The number of nitrogens with one attached hydrogen (secondary N) is 1. The SMILES string of the molecule is O=C(NCc1ccc(F)cc1)[C@H]1C[C@H]2C(=O)N3CCC[C@H]3C(=O)N2[C@H]1c1ccc(O)cc1. The zero-order chi connectivity index (χ0) is 22.4. The number of piperazine rings is 1. The quantitative estimate of drug-likeness (QED) is 0.767. The number of fused-ring (bicyclic) bond motifs is 2. The molecular weight excluding hydrogens is 413 g/mol. The number of phenolic OH excluding ortho intramolecular Hbond substituents is 1. The van der Waals surface area contributed by atoms with E-state index in [1.165, 1.54) is 24.3 Å². The maximum absolute atomic E-state index is 13.4. The highest BCUT2D eigenvalue weighted by atomic mass is 19.1. The molecule has 0 unspecified atom stereocenters. The van der Waals surface area contributed by atoms with Crippen molar-refractivity contribution in [2.45, 2.75) is 43.9 Å². The Hall–Kier alpha value is -3.42. The number of amides is 3. The third-order valence-corrected chi connectivity index (χ3v) is 6.81. The second kappa shape index (κ2) is 7.93. The van der Waals surface area contributed by atoms with Crippen molar-refractivity contribution in [2.75, 3.05) is 6.54 Å². The Labute approximate surface area is 184 Å². The zero-order valence-electron chi connectivity index (χ0n) is 17.4. The van der Waals surface area contributed by atoms with Crippen molar-refractivity contribution in [3.05, 3.63) is 65.5 Å². The van der Waals surface area contributed by atoms with Crippen LogP contribution in [-0.4, -0.2) is 51.3 Å². The fourth-order valence-corrected chi connectivity index (χ4v) is 5.27. The molecule has 8 heteroatoms. The number of rotatable bonds is 4. The molecule has 0 radical (unpaired) electrons. The molecule has 32 heavy (non-hydrogen) atoms. The van der Waals surface area contributed by atoms with E-state index in [9.17, 15) is 23.9 Å². The van der Waals surface area contributed by atoms with Gasteiger partial charge in [0, 0.05) is 13.1 Å². The first-order valence-corrected chi connectivity index (χ1v) is 10.9. The number of carbonyl (C=O) groups is 3. The molecule has 3 heterocycles.